The quantitative estimate of drug-likeness (QED) is 0.474. The van der Waals surface area contributed by atoms with Crippen LogP contribution in [0.25, 0.3) is 11.3 Å². The second kappa shape index (κ2) is 8.81. The van der Waals surface area contributed by atoms with E-state index in [-0.39, 0.29) is 12.5 Å². The molecular weight excluding hydrogens is 494 g/mol. The summed E-state index contributed by atoms with van der Waals surface area (Å²) in [6.07, 6.45) is 0. The van der Waals surface area contributed by atoms with Crippen molar-refractivity contribution in [2.75, 3.05) is 19.5 Å². The van der Waals surface area contributed by atoms with Gasteiger partial charge in [0.15, 0.2) is 0 Å². The number of aliphatic hydroxyl groups is 1. The molecular formula is C20H17Br2NO5. The van der Waals surface area contributed by atoms with E-state index in [9.17, 15) is 4.79 Å². The van der Waals surface area contributed by atoms with E-state index in [4.69, 9.17) is 19.0 Å². The van der Waals surface area contributed by atoms with Crippen LogP contribution in [-0.4, -0.2) is 25.2 Å². The molecule has 1 heterocycles. The third kappa shape index (κ3) is 4.24. The lowest BCUT2D eigenvalue weighted by molar-refractivity contribution is 0.102. The molecule has 0 saturated heterocycles. The van der Waals surface area contributed by atoms with Gasteiger partial charge in [0.25, 0.3) is 5.91 Å². The van der Waals surface area contributed by atoms with Crippen molar-refractivity contribution < 1.29 is 23.8 Å². The van der Waals surface area contributed by atoms with Crippen LogP contribution in [0.5, 0.6) is 11.5 Å². The highest BCUT2D eigenvalue weighted by molar-refractivity contribution is 9.11. The van der Waals surface area contributed by atoms with Gasteiger partial charge in [-0.15, -0.1) is 0 Å². The van der Waals surface area contributed by atoms with Crippen molar-refractivity contribution >= 4 is 43.5 Å². The molecule has 0 aliphatic carbocycles. The molecule has 2 N–H and O–H groups in total. The highest BCUT2D eigenvalue weighted by atomic mass is 79.9. The topological polar surface area (TPSA) is 80.9 Å². The van der Waals surface area contributed by atoms with Crippen LogP contribution in [0, 0.1) is 0 Å². The molecule has 8 heteroatoms. The summed E-state index contributed by atoms with van der Waals surface area (Å²) in [6, 6.07) is 12.2. The number of nitrogens with one attached hydrogen (secondary N) is 1. The molecule has 0 fully saturated rings. The molecule has 1 amide bonds. The van der Waals surface area contributed by atoms with E-state index in [1.807, 2.05) is 0 Å². The van der Waals surface area contributed by atoms with E-state index >= 15 is 0 Å². The second-order valence-electron chi connectivity index (χ2n) is 5.76. The van der Waals surface area contributed by atoms with Crippen LogP contribution in [-0.2, 0) is 6.61 Å². The molecule has 28 heavy (non-hydrogen) atoms. The summed E-state index contributed by atoms with van der Waals surface area (Å²) in [5, 5.41) is 12.0. The summed E-state index contributed by atoms with van der Waals surface area (Å²) in [7, 11) is 3.04. The zero-order valence-corrected chi connectivity index (χ0v) is 18.3. The molecule has 1 aromatic heterocycles. The number of hydrogen-bond donors (Lipinski definition) is 2. The van der Waals surface area contributed by atoms with Gasteiger partial charge in [-0.05, 0) is 52.3 Å². The van der Waals surface area contributed by atoms with Crippen molar-refractivity contribution in [1.82, 2.24) is 0 Å². The molecule has 0 bridgehead atoms. The van der Waals surface area contributed by atoms with Crippen molar-refractivity contribution in [3.63, 3.8) is 0 Å². The van der Waals surface area contributed by atoms with Gasteiger partial charge in [0.1, 0.15) is 29.6 Å². The molecule has 0 aliphatic heterocycles. The van der Waals surface area contributed by atoms with E-state index in [1.165, 1.54) is 14.2 Å². The fourth-order valence-corrected chi connectivity index (χ4v) is 4.10. The Kier molecular flexibility index (Phi) is 6.43. The lowest BCUT2D eigenvalue weighted by Crippen LogP contribution is -2.13. The Balaban J connectivity index is 1.90. The first-order valence-corrected chi connectivity index (χ1v) is 9.77. The molecule has 0 radical (unpaired) electrons. The van der Waals surface area contributed by atoms with Crippen LogP contribution in [0.15, 0.2) is 55.8 Å². The van der Waals surface area contributed by atoms with Crippen molar-refractivity contribution in [3.8, 4) is 22.8 Å². The molecule has 3 aromatic rings. The third-order valence-corrected chi connectivity index (χ3v) is 5.05. The maximum atomic E-state index is 12.8. The van der Waals surface area contributed by atoms with Gasteiger partial charge in [-0.3, -0.25) is 4.79 Å². The van der Waals surface area contributed by atoms with Crippen LogP contribution in [0.3, 0.4) is 0 Å². The molecule has 0 saturated carbocycles. The number of hydrogen-bond acceptors (Lipinski definition) is 5. The fourth-order valence-electron chi connectivity index (χ4n) is 2.72. The van der Waals surface area contributed by atoms with E-state index in [2.05, 4.69) is 37.2 Å². The summed E-state index contributed by atoms with van der Waals surface area (Å²) in [5.74, 6) is 1.67. The highest BCUT2D eigenvalue weighted by Crippen LogP contribution is 2.35. The number of halogens is 2. The number of carbonyl (C=O) groups is 1. The number of aliphatic hydroxyl groups excluding tert-OH is 1. The van der Waals surface area contributed by atoms with E-state index in [0.717, 1.165) is 4.47 Å². The van der Waals surface area contributed by atoms with Crippen LogP contribution in [0.4, 0.5) is 5.69 Å². The molecule has 0 aliphatic rings. The first-order chi connectivity index (χ1) is 13.5. The highest BCUT2D eigenvalue weighted by Gasteiger charge is 2.18. The Bertz CT molecular complexity index is 1020. The van der Waals surface area contributed by atoms with Crippen LogP contribution >= 0.6 is 31.9 Å². The monoisotopic (exact) mass is 509 g/mol. The molecule has 3 rings (SSSR count). The maximum absolute atomic E-state index is 12.8. The van der Waals surface area contributed by atoms with Crippen molar-refractivity contribution in [1.29, 1.82) is 0 Å². The summed E-state index contributed by atoms with van der Waals surface area (Å²) < 4.78 is 17.8. The predicted molar refractivity (Wildman–Crippen MR) is 113 cm³/mol. The minimum Gasteiger partial charge on any atom is -0.496 e. The summed E-state index contributed by atoms with van der Waals surface area (Å²) in [6.45, 7) is -0.180. The van der Waals surface area contributed by atoms with E-state index < -0.39 is 0 Å². The van der Waals surface area contributed by atoms with Crippen molar-refractivity contribution in [2.45, 2.75) is 6.61 Å². The Morgan fingerprint density at radius 2 is 1.89 bits per heavy atom. The standard InChI is InChI=1S/C20H17Br2NO5/c1-26-18-9-12(3-5-14(18)17-6-4-13(10-24)28-17)23-20(25)15-7-11(21)8-16(22)19(15)27-2/h3-9,24H,10H2,1-2H3,(H,23,25). The van der Waals surface area contributed by atoms with Crippen molar-refractivity contribution in [3.05, 3.63) is 62.7 Å². The van der Waals surface area contributed by atoms with Gasteiger partial charge in [0.05, 0.1) is 29.8 Å². The Morgan fingerprint density at radius 3 is 2.54 bits per heavy atom. The van der Waals surface area contributed by atoms with Crippen LogP contribution in [0.2, 0.25) is 0 Å². The van der Waals surface area contributed by atoms with Crippen LogP contribution < -0.4 is 14.8 Å². The number of methoxy groups -OCH3 is 2. The van der Waals surface area contributed by atoms with Gasteiger partial charge in [-0.1, -0.05) is 15.9 Å². The normalized spacial score (nSPS) is 10.6. The summed E-state index contributed by atoms with van der Waals surface area (Å²) in [5.41, 5.74) is 1.64. The third-order valence-electron chi connectivity index (χ3n) is 4.00. The van der Waals surface area contributed by atoms with Gasteiger partial charge >= 0.3 is 0 Å². The average Bonchev–Trinajstić information content (AvgIpc) is 3.16. The van der Waals surface area contributed by atoms with E-state index in [0.29, 0.717) is 44.3 Å². The smallest absolute Gasteiger partial charge is 0.259 e. The number of carbonyl (C=O) groups excluding carboxylic acids is 1. The number of furan rings is 1. The predicted octanol–water partition coefficient (Wildman–Crippen LogP) is 5.23. The SMILES string of the molecule is COc1cc(NC(=O)c2cc(Br)cc(Br)c2OC)ccc1-c1ccc(CO)o1. The van der Waals surface area contributed by atoms with Crippen LogP contribution in [0.1, 0.15) is 16.1 Å². The summed E-state index contributed by atoms with van der Waals surface area (Å²) in [4.78, 5) is 12.8. The van der Waals surface area contributed by atoms with Gasteiger partial charge in [-0.2, -0.15) is 0 Å². The lowest BCUT2D eigenvalue weighted by Gasteiger charge is -2.13. The minimum absolute atomic E-state index is 0.180. The number of anilines is 1. The molecule has 0 atom stereocenters. The Hall–Kier alpha value is -2.29. The zero-order valence-electron chi connectivity index (χ0n) is 15.1. The Labute approximate surface area is 178 Å². The molecule has 0 unspecified atom stereocenters. The molecule has 0 spiro atoms. The number of benzene rings is 2. The Morgan fingerprint density at radius 1 is 1.11 bits per heavy atom. The minimum atomic E-state index is -0.325. The zero-order chi connectivity index (χ0) is 20.3. The second-order valence-corrected chi connectivity index (χ2v) is 7.53. The van der Waals surface area contributed by atoms with Gasteiger partial charge in [0, 0.05) is 16.2 Å². The number of amides is 1. The van der Waals surface area contributed by atoms with E-state index in [1.54, 1.807) is 42.5 Å². The number of ether oxygens (including phenoxy) is 2. The summed E-state index contributed by atoms with van der Waals surface area (Å²) >= 11 is 6.78. The first kappa shape index (κ1) is 20.4. The lowest BCUT2D eigenvalue weighted by atomic mass is 10.1. The van der Waals surface area contributed by atoms with Gasteiger partial charge in [0.2, 0.25) is 0 Å². The fraction of sp³-hybridized carbons (Fsp3) is 0.150. The number of rotatable bonds is 6. The molecule has 2 aromatic carbocycles. The van der Waals surface area contributed by atoms with Crippen molar-refractivity contribution in [2.24, 2.45) is 0 Å². The van der Waals surface area contributed by atoms with Gasteiger partial charge < -0.3 is 24.3 Å². The molecule has 146 valence electrons. The first-order valence-electron chi connectivity index (χ1n) is 8.19. The maximum Gasteiger partial charge on any atom is 0.259 e. The molecule has 6 nitrogen and oxygen atoms in total. The average molecular weight is 511 g/mol. The van der Waals surface area contributed by atoms with Gasteiger partial charge in [-0.25, -0.2) is 0 Å². The largest absolute Gasteiger partial charge is 0.496 e.